The van der Waals surface area contributed by atoms with Gasteiger partial charge in [-0.3, -0.25) is 0 Å². The summed E-state index contributed by atoms with van der Waals surface area (Å²) in [5, 5.41) is 4.56. The van der Waals surface area contributed by atoms with Crippen molar-refractivity contribution in [1.29, 1.82) is 0 Å². The molecule has 0 fully saturated rings. The fraction of sp³-hybridized carbons (Fsp3) is 0.516. The predicted molar refractivity (Wildman–Crippen MR) is 150 cm³/mol. The third-order valence-corrected chi connectivity index (χ3v) is 13.6. The van der Waals surface area contributed by atoms with Crippen molar-refractivity contribution in [2.24, 2.45) is 7.05 Å². The summed E-state index contributed by atoms with van der Waals surface area (Å²) in [7, 11) is 0.597. The number of rotatable bonds is 2. The van der Waals surface area contributed by atoms with E-state index >= 15 is 0 Å². The lowest BCUT2D eigenvalue weighted by molar-refractivity contribution is -0.659. The maximum atomic E-state index is 2.50. The van der Waals surface area contributed by atoms with Crippen molar-refractivity contribution in [3.8, 4) is 11.3 Å². The molecule has 33 heavy (non-hydrogen) atoms. The van der Waals surface area contributed by atoms with Gasteiger partial charge in [0.25, 0.3) is 0 Å². The second-order valence-corrected chi connectivity index (χ2v) is 19.0. The molecule has 0 N–H and O–H groups in total. The third kappa shape index (κ3) is 4.69. The largest absolute Gasteiger partial charge is 0.220 e. The fourth-order valence-electron chi connectivity index (χ4n) is 4.70. The summed E-state index contributed by atoms with van der Waals surface area (Å²) in [5.41, 5.74) is 7.12. The Morgan fingerprint density at radius 2 is 1.36 bits per heavy atom. The lowest BCUT2D eigenvalue weighted by Crippen LogP contribution is -2.49. The lowest BCUT2D eigenvalue weighted by Gasteiger charge is -2.37. The van der Waals surface area contributed by atoms with Gasteiger partial charge in [0.1, 0.15) is 7.05 Å². The summed E-state index contributed by atoms with van der Waals surface area (Å²) in [6, 6.07) is 14.5. The Bertz CT molecular complexity index is 1190. The number of aromatic nitrogens is 1. The highest BCUT2D eigenvalue weighted by Crippen LogP contribution is 2.39. The molecule has 0 bridgehead atoms. The second kappa shape index (κ2) is 8.08. The molecule has 0 aliphatic heterocycles. The van der Waals surface area contributed by atoms with Crippen molar-refractivity contribution in [2.75, 3.05) is 0 Å². The van der Waals surface area contributed by atoms with Gasteiger partial charge in [-0.25, -0.2) is 4.57 Å². The van der Waals surface area contributed by atoms with Gasteiger partial charge in [0.2, 0.25) is 5.69 Å². The first-order valence-corrected chi connectivity index (χ1v) is 15.4. The smallest absolute Gasteiger partial charge is 0.200 e. The zero-order valence-electron chi connectivity index (χ0n) is 23.5. The van der Waals surface area contributed by atoms with Crippen LogP contribution in [0.25, 0.3) is 22.0 Å². The monoisotopic (exact) mass is 460 g/mol. The average Bonchev–Trinajstić information content (AvgIpc) is 2.65. The van der Waals surface area contributed by atoms with E-state index in [0.717, 1.165) is 0 Å². The van der Waals surface area contributed by atoms with Crippen molar-refractivity contribution >= 4 is 24.0 Å². The fourth-order valence-corrected chi connectivity index (χ4v) is 6.58. The number of nitrogens with zero attached hydrogens (tertiary/aromatic N) is 1. The molecule has 0 aliphatic rings. The van der Waals surface area contributed by atoms with Gasteiger partial charge in [-0.15, -0.1) is 0 Å². The molecule has 1 heterocycles. The Morgan fingerprint density at radius 1 is 0.758 bits per heavy atom. The van der Waals surface area contributed by atoms with Gasteiger partial charge in [0, 0.05) is 6.07 Å². The first-order valence-electron chi connectivity index (χ1n) is 12.4. The molecule has 3 rings (SSSR count). The molecule has 0 saturated heterocycles. The molecule has 0 unspecified atom stereocenters. The van der Waals surface area contributed by atoms with E-state index in [4.69, 9.17) is 0 Å². The molecule has 0 radical (unpaired) electrons. The molecule has 1 aromatic heterocycles. The Kier molecular flexibility index (Phi) is 6.29. The molecule has 2 aromatic carbocycles. The molecule has 3 aromatic rings. The molecule has 0 amide bonds. The number of fused-ring (bicyclic) bond motifs is 1. The van der Waals surface area contributed by atoms with Gasteiger partial charge in [-0.2, -0.15) is 0 Å². The normalized spacial score (nSPS) is 13.6. The third-order valence-electron chi connectivity index (χ3n) is 8.07. The number of hydrogen-bond acceptors (Lipinski definition) is 0. The highest BCUT2D eigenvalue weighted by molar-refractivity contribution is 6.92. The first-order chi connectivity index (χ1) is 14.9. The van der Waals surface area contributed by atoms with Crippen molar-refractivity contribution in [1.82, 2.24) is 0 Å². The van der Waals surface area contributed by atoms with Crippen molar-refractivity contribution in [3.05, 3.63) is 59.3 Å². The topological polar surface area (TPSA) is 3.88 Å². The van der Waals surface area contributed by atoms with Gasteiger partial charge in [-0.1, -0.05) is 98.8 Å². The maximum absolute atomic E-state index is 2.50. The van der Waals surface area contributed by atoms with Gasteiger partial charge in [0.15, 0.2) is 6.20 Å². The number of hydrogen-bond donors (Lipinski definition) is 0. The van der Waals surface area contributed by atoms with Crippen LogP contribution in [0.2, 0.25) is 18.1 Å². The van der Waals surface area contributed by atoms with Gasteiger partial charge in [0.05, 0.1) is 19.0 Å². The minimum Gasteiger partial charge on any atom is -0.200 e. The molecule has 0 aliphatic carbocycles. The summed E-state index contributed by atoms with van der Waals surface area (Å²) in [6.07, 6.45) is 2.24. The summed E-state index contributed by atoms with van der Waals surface area (Å²) >= 11 is 0. The molecular formula is C31H46NSi+. The van der Waals surface area contributed by atoms with Crippen LogP contribution >= 0.6 is 0 Å². The maximum Gasteiger partial charge on any atom is 0.220 e. The van der Waals surface area contributed by atoms with Crippen LogP contribution in [-0.4, -0.2) is 8.07 Å². The van der Waals surface area contributed by atoms with Crippen LogP contribution in [0.1, 0.15) is 79.0 Å². The quantitative estimate of drug-likeness (QED) is 0.270. The van der Waals surface area contributed by atoms with Crippen molar-refractivity contribution in [2.45, 2.75) is 98.2 Å². The highest BCUT2D eigenvalue weighted by atomic mass is 28.3. The van der Waals surface area contributed by atoms with Crippen molar-refractivity contribution < 1.29 is 4.57 Å². The molecule has 0 atom stereocenters. The van der Waals surface area contributed by atoms with Crippen LogP contribution in [0.3, 0.4) is 0 Å². The van der Waals surface area contributed by atoms with E-state index in [1.54, 1.807) is 0 Å². The second-order valence-electron chi connectivity index (χ2n) is 13.6. The minimum absolute atomic E-state index is 0.0960. The standard InChI is InChI=1S/C31H46NSi/c1-21-26(19-23(29(2,3)4)20-27(21)30(5,6)7)28-25-15-14-24(33(12,13)31(8,9)10)18-22(25)16-17-32(28)11/h14-20H,1-13H3/q+1. The number of aryl methyl sites for hydroxylation is 1. The van der Waals surface area contributed by atoms with Crippen LogP contribution in [0.15, 0.2) is 42.6 Å². The Hall–Kier alpha value is -1.93. The average molecular weight is 461 g/mol. The Morgan fingerprint density at radius 3 is 1.88 bits per heavy atom. The minimum atomic E-state index is -1.59. The zero-order valence-corrected chi connectivity index (χ0v) is 24.5. The van der Waals surface area contributed by atoms with Gasteiger partial charge >= 0.3 is 0 Å². The van der Waals surface area contributed by atoms with Crippen LogP contribution in [-0.2, 0) is 17.9 Å². The van der Waals surface area contributed by atoms with E-state index in [2.05, 4.69) is 137 Å². The summed E-state index contributed by atoms with van der Waals surface area (Å²) in [6.45, 7) is 28.5. The predicted octanol–water partition coefficient (Wildman–Crippen LogP) is 7.95. The van der Waals surface area contributed by atoms with E-state index in [1.165, 1.54) is 43.9 Å². The first kappa shape index (κ1) is 25.7. The van der Waals surface area contributed by atoms with E-state index in [9.17, 15) is 0 Å². The summed E-state index contributed by atoms with van der Waals surface area (Å²) in [4.78, 5) is 0. The Labute approximate surface area is 204 Å². The summed E-state index contributed by atoms with van der Waals surface area (Å²) < 4.78 is 2.32. The van der Waals surface area contributed by atoms with Crippen LogP contribution in [0, 0.1) is 6.92 Å². The van der Waals surface area contributed by atoms with Gasteiger partial charge < -0.3 is 0 Å². The molecule has 178 valence electrons. The van der Waals surface area contributed by atoms with Crippen LogP contribution in [0.4, 0.5) is 0 Å². The van der Waals surface area contributed by atoms with Crippen LogP contribution < -0.4 is 9.75 Å². The molecule has 1 nitrogen and oxygen atoms in total. The van der Waals surface area contributed by atoms with E-state index < -0.39 is 8.07 Å². The summed E-state index contributed by atoms with van der Waals surface area (Å²) in [5.74, 6) is 0. The van der Waals surface area contributed by atoms with E-state index in [0.29, 0.717) is 5.04 Å². The van der Waals surface area contributed by atoms with Crippen molar-refractivity contribution in [3.63, 3.8) is 0 Å². The van der Waals surface area contributed by atoms with Crippen LogP contribution in [0.5, 0.6) is 0 Å². The molecule has 0 spiro atoms. The zero-order chi connectivity index (χ0) is 25.1. The molecule has 0 saturated carbocycles. The number of benzene rings is 2. The van der Waals surface area contributed by atoms with Gasteiger partial charge in [-0.05, 0) is 57.0 Å². The Balaban J connectivity index is 2.38. The van der Waals surface area contributed by atoms with E-state index in [1.807, 2.05) is 0 Å². The van der Waals surface area contributed by atoms with E-state index in [-0.39, 0.29) is 10.8 Å². The SMILES string of the molecule is Cc1c(-c2c3ccc([Si](C)(C)C(C)(C)C)cc3cc[n+]2C)cc(C(C)(C)C)cc1C(C)(C)C. The molecular weight excluding hydrogens is 414 g/mol. The molecule has 2 heteroatoms. The number of pyridine rings is 1. The highest BCUT2D eigenvalue weighted by Gasteiger charge is 2.37. The lowest BCUT2D eigenvalue weighted by atomic mass is 9.76.